The van der Waals surface area contributed by atoms with Crippen LogP contribution in [-0.2, 0) is 11.8 Å². The van der Waals surface area contributed by atoms with Crippen molar-refractivity contribution in [2.75, 3.05) is 0 Å². The van der Waals surface area contributed by atoms with Crippen molar-refractivity contribution >= 4 is 15.9 Å². The molecule has 1 rings (SSSR count). The fraction of sp³-hybridized carbons (Fsp3) is 0.333. The summed E-state index contributed by atoms with van der Waals surface area (Å²) in [4.78, 5) is 0. The molecule has 60 valence electrons. The smallest absolute Gasteiger partial charge is 0.126 e. The van der Waals surface area contributed by atoms with E-state index in [9.17, 15) is 4.39 Å². The number of alkyl halides is 1. The van der Waals surface area contributed by atoms with E-state index in [4.69, 9.17) is 0 Å². The predicted octanol–water partition coefficient (Wildman–Crippen LogP) is 3.28. The van der Waals surface area contributed by atoms with E-state index in [0.29, 0.717) is 5.33 Å². The second kappa shape index (κ2) is 3.86. The number of aryl methyl sites for hydroxylation is 1. The van der Waals surface area contributed by atoms with Crippen molar-refractivity contribution in [2.24, 2.45) is 0 Å². The van der Waals surface area contributed by atoms with Crippen molar-refractivity contribution in [1.29, 1.82) is 0 Å². The highest BCUT2D eigenvalue weighted by molar-refractivity contribution is 9.08. The summed E-state index contributed by atoms with van der Waals surface area (Å²) < 4.78 is 13.0. The van der Waals surface area contributed by atoms with Crippen molar-refractivity contribution in [1.82, 2.24) is 0 Å². The number of benzene rings is 1. The summed E-state index contributed by atoms with van der Waals surface area (Å²) in [6.07, 6.45) is 0.758. The Morgan fingerprint density at radius 2 is 2.18 bits per heavy atom. The molecule has 0 atom stereocenters. The summed E-state index contributed by atoms with van der Waals surface area (Å²) >= 11 is 3.27. The van der Waals surface area contributed by atoms with Crippen LogP contribution < -0.4 is 0 Å². The van der Waals surface area contributed by atoms with Gasteiger partial charge in [-0.2, -0.15) is 0 Å². The van der Waals surface area contributed by atoms with Gasteiger partial charge >= 0.3 is 0 Å². The van der Waals surface area contributed by atoms with Crippen LogP contribution in [0.1, 0.15) is 18.1 Å². The first-order chi connectivity index (χ1) is 5.27. The van der Waals surface area contributed by atoms with Crippen LogP contribution in [-0.4, -0.2) is 0 Å². The largest absolute Gasteiger partial charge is 0.207 e. The van der Waals surface area contributed by atoms with Crippen molar-refractivity contribution in [3.8, 4) is 0 Å². The topological polar surface area (TPSA) is 0 Å². The Hall–Kier alpha value is -0.370. The van der Waals surface area contributed by atoms with E-state index in [2.05, 4.69) is 15.9 Å². The fourth-order valence-electron chi connectivity index (χ4n) is 0.961. The Morgan fingerprint density at radius 3 is 2.64 bits per heavy atom. The maximum atomic E-state index is 13.0. The maximum absolute atomic E-state index is 13.0. The van der Waals surface area contributed by atoms with Crippen LogP contribution in [0.25, 0.3) is 0 Å². The molecule has 2 heteroatoms. The normalized spacial score (nSPS) is 10.1. The van der Waals surface area contributed by atoms with Crippen LogP contribution in [0.15, 0.2) is 18.2 Å². The molecular formula is C9H10BrF. The van der Waals surface area contributed by atoms with Gasteiger partial charge in [0, 0.05) is 5.33 Å². The molecule has 11 heavy (non-hydrogen) atoms. The Balaban J connectivity index is 2.99. The summed E-state index contributed by atoms with van der Waals surface area (Å²) in [5.41, 5.74) is 1.77. The first-order valence-electron chi connectivity index (χ1n) is 3.61. The molecule has 0 bridgehead atoms. The van der Waals surface area contributed by atoms with Crippen molar-refractivity contribution in [2.45, 2.75) is 18.7 Å². The molecule has 1 aromatic rings. The highest BCUT2D eigenvalue weighted by Gasteiger charge is 1.99. The zero-order valence-corrected chi connectivity index (χ0v) is 7.99. The van der Waals surface area contributed by atoms with E-state index < -0.39 is 0 Å². The molecule has 0 fully saturated rings. The predicted molar refractivity (Wildman–Crippen MR) is 48.4 cm³/mol. The van der Waals surface area contributed by atoms with Gasteiger partial charge in [0.1, 0.15) is 5.82 Å². The van der Waals surface area contributed by atoms with E-state index in [1.165, 1.54) is 0 Å². The lowest BCUT2D eigenvalue weighted by atomic mass is 10.1. The highest BCUT2D eigenvalue weighted by Crippen LogP contribution is 2.12. The molecule has 0 N–H and O–H groups in total. The van der Waals surface area contributed by atoms with E-state index in [-0.39, 0.29) is 5.82 Å². The van der Waals surface area contributed by atoms with E-state index in [1.807, 2.05) is 19.1 Å². The highest BCUT2D eigenvalue weighted by atomic mass is 79.9. The molecule has 0 unspecified atom stereocenters. The van der Waals surface area contributed by atoms with Gasteiger partial charge in [-0.1, -0.05) is 35.0 Å². The zero-order chi connectivity index (χ0) is 8.27. The monoisotopic (exact) mass is 216 g/mol. The third-order valence-corrected chi connectivity index (χ3v) is 2.30. The molecule has 0 amide bonds. The Morgan fingerprint density at radius 1 is 1.45 bits per heavy atom. The molecule has 0 nitrogen and oxygen atoms in total. The third-order valence-electron chi connectivity index (χ3n) is 1.65. The SMILES string of the molecule is CCc1ccc(CBr)cc1F. The molecular weight excluding hydrogens is 207 g/mol. The zero-order valence-electron chi connectivity index (χ0n) is 6.40. The molecule has 0 radical (unpaired) electrons. The average molecular weight is 217 g/mol. The van der Waals surface area contributed by atoms with Crippen LogP contribution in [0.2, 0.25) is 0 Å². The molecule has 0 aromatic heterocycles. The molecule has 0 aliphatic heterocycles. The summed E-state index contributed by atoms with van der Waals surface area (Å²) in [7, 11) is 0. The molecule has 0 aliphatic rings. The Labute approximate surface area is 74.6 Å². The first-order valence-corrected chi connectivity index (χ1v) is 4.73. The first kappa shape index (κ1) is 8.72. The van der Waals surface area contributed by atoms with Crippen LogP contribution in [0.5, 0.6) is 0 Å². The van der Waals surface area contributed by atoms with Crippen LogP contribution in [0.4, 0.5) is 4.39 Å². The molecule has 1 aromatic carbocycles. The summed E-state index contributed by atoms with van der Waals surface area (Å²) in [6, 6.07) is 5.36. The van der Waals surface area contributed by atoms with Crippen molar-refractivity contribution in [3.63, 3.8) is 0 Å². The average Bonchev–Trinajstić information content (AvgIpc) is 2.04. The fourth-order valence-corrected chi connectivity index (χ4v) is 1.31. The Bertz CT molecular complexity index is 245. The lowest BCUT2D eigenvalue weighted by Gasteiger charge is -2.00. The number of rotatable bonds is 2. The van der Waals surface area contributed by atoms with Gasteiger partial charge in [-0.15, -0.1) is 0 Å². The van der Waals surface area contributed by atoms with Crippen LogP contribution >= 0.6 is 15.9 Å². The lowest BCUT2D eigenvalue weighted by molar-refractivity contribution is 0.611. The molecule has 0 saturated carbocycles. The van der Waals surface area contributed by atoms with Gasteiger partial charge in [-0.3, -0.25) is 0 Å². The minimum atomic E-state index is -0.0931. The third kappa shape index (κ3) is 2.03. The number of hydrogen-bond donors (Lipinski definition) is 0. The van der Waals surface area contributed by atoms with Gasteiger partial charge < -0.3 is 0 Å². The minimum Gasteiger partial charge on any atom is -0.207 e. The van der Waals surface area contributed by atoms with E-state index in [1.54, 1.807) is 6.07 Å². The van der Waals surface area contributed by atoms with Gasteiger partial charge in [-0.25, -0.2) is 4.39 Å². The van der Waals surface area contributed by atoms with Crippen LogP contribution in [0, 0.1) is 5.82 Å². The summed E-state index contributed by atoms with van der Waals surface area (Å²) in [6.45, 7) is 1.95. The summed E-state index contributed by atoms with van der Waals surface area (Å²) in [5, 5.41) is 0.716. The number of halogens is 2. The lowest BCUT2D eigenvalue weighted by Crippen LogP contribution is -1.88. The van der Waals surface area contributed by atoms with E-state index in [0.717, 1.165) is 17.5 Å². The molecule has 0 spiro atoms. The standard InChI is InChI=1S/C9H10BrF/c1-2-8-4-3-7(6-10)5-9(8)11/h3-5H,2,6H2,1H3. The maximum Gasteiger partial charge on any atom is 0.126 e. The van der Waals surface area contributed by atoms with Crippen molar-refractivity contribution < 1.29 is 4.39 Å². The summed E-state index contributed by atoms with van der Waals surface area (Å²) in [5.74, 6) is -0.0931. The minimum absolute atomic E-state index is 0.0931. The second-order valence-corrected chi connectivity index (χ2v) is 2.97. The second-order valence-electron chi connectivity index (χ2n) is 2.41. The Kier molecular flexibility index (Phi) is 3.06. The molecule has 0 aliphatic carbocycles. The molecule has 0 heterocycles. The van der Waals surface area contributed by atoms with Gasteiger partial charge in [-0.05, 0) is 23.6 Å². The quantitative estimate of drug-likeness (QED) is 0.667. The van der Waals surface area contributed by atoms with Gasteiger partial charge in [0.05, 0.1) is 0 Å². The molecule has 0 saturated heterocycles. The van der Waals surface area contributed by atoms with Gasteiger partial charge in [0.15, 0.2) is 0 Å². The van der Waals surface area contributed by atoms with Gasteiger partial charge in [0.25, 0.3) is 0 Å². The van der Waals surface area contributed by atoms with Crippen LogP contribution in [0.3, 0.4) is 0 Å². The van der Waals surface area contributed by atoms with Gasteiger partial charge in [0.2, 0.25) is 0 Å². The van der Waals surface area contributed by atoms with E-state index >= 15 is 0 Å². The number of hydrogen-bond acceptors (Lipinski definition) is 0. The van der Waals surface area contributed by atoms with Crippen molar-refractivity contribution in [3.05, 3.63) is 35.1 Å².